The van der Waals surface area contributed by atoms with Crippen LogP contribution in [0.2, 0.25) is 6.04 Å². The molecule has 0 N–H and O–H groups in total. The summed E-state index contributed by atoms with van der Waals surface area (Å²) in [7, 11) is 0. The molecule has 1 nitrogen and oxygen atoms in total. The maximum atomic E-state index is 5.88. The van der Waals surface area contributed by atoms with Gasteiger partial charge in [0.25, 0.3) is 3.93 Å². The number of hydrogen-bond acceptors (Lipinski definition) is 1. The highest BCUT2D eigenvalue weighted by molar-refractivity contribution is 9.72. The standard InChI is InChI=1S/C21H33Br3OSi/c1-2-3-4-5-7-18-8-10-19(11-9-18)20-12-14-21(15-13-20)25-16-6-17-26(22,23)24/h12-15,18-19H,2-11,16-17H2,1H3. The zero-order valence-electron chi connectivity index (χ0n) is 16.0. The fraction of sp³-hybridized carbons (Fsp3) is 0.714. The SMILES string of the molecule is CCCCCCC1CCC(c2ccc(OCCC[Si](Br)(Br)Br)cc2)CC1. The third kappa shape index (κ3) is 9.25. The summed E-state index contributed by atoms with van der Waals surface area (Å²) in [4.78, 5) is 0. The molecule has 0 bridgehead atoms. The van der Waals surface area contributed by atoms with Gasteiger partial charge in [-0.1, -0.05) is 97.0 Å². The first kappa shape index (κ1) is 23.0. The second-order valence-corrected chi connectivity index (χ2v) is 31.2. The molecular formula is C21H33Br3OSi. The van der Waals surface area contributed by atoms with Crippen LogP contribution in [-0.4, -0.2) is 10.5 Å². The van der Waals surface area contributed by atoms with E-state index in [1.165, 1.54) is 63.4 Å². The van der Waals surface area contributed by atoms with E-state index >= 15 is 0 Å². The Balaban J connectivity index is 1.67. The van der Waals surface area contributed by atoms with Gasteiger partial charge >= 0.3 is 0 Å². The summed E-state index contributed by atoms with van der Waals surface area (Å²) in [6.07, 6.45) is 13.7. The van der Waals surface area contributed by atoms with Crippen LogP contribution in [0.3, 0.4) is 0 Å². The molecule has 0 aliphatic heterocycles. The summed E-state index contributed by atoms with van der Waals surface area (Å²) in [6, 6.07) is 10.0. The van der Waals surface area contributed by atoms with Crippen molar-refractivity contribution in [2.24, 2.45) is 5.92 Å². The number of benzene rings is 1. The van der Waals surface area contributed by atoms with Crippen LogP contribution in [0.5, 0.6) is 5.75 Å². The van der Waals surface area contributed by atoms with Crippen LogP contribution in [-0.2, 0) is 0 Å². The average Bonchev–Trinajstić information content (AvgIpc) is 2.63. The van der Waals surface area contributed by atoms with Gasteiger partial charge < -0.3 is 4.74 Å². The lowest BCUT2D eigenvalue weighted by atomic mass is 9.77. The topological polar surface area (TPSA) is 9.23 Å². The van der Waals surface area contributed by atoms with Gasteiger partial charge in [-0.2, -0.15) is 0 Å². The van der Waals surface area contributed by atoms with Gasteiger partial charge in [-0.15, -0.1) is 0 Å². The molecule has 1 aromatic rings. The number of rotatable bonds is 11. The van der Waals surface area contributed by atoms with Crippen LogP contribution in [0.25, 0.3) is 0 Å². The van der Waals surface area contributed by atoms with Crippen molar-refractivity contribution in [3.8, 4) is 5.75 Å². The fourth-order valence-electron chi connectivity index (χ4n) is 3.94. The smallest absolute Gasteiger partial charge is 0.267 e. The van der Waals surface area contributed by atoms with Crippen LogP contribution in [0.15, 0.2) is 24.3 Å². The molecule has 0 spiro atoms. The van der Waals surface area contributed by atoms with Crippen LogP contribution in [0.1, 0.15) is 82.6 Å². The third-order valence-corrected chi connectivity index (χ3v) is 10.0. The Morgan fingerprint density at radius 2 is 1.62 bits per heavy atom. The summed E-state index contributed by atoms with van der Waals surface area (Å²) in [5, 5.41) is 0. The van der Waals surface area contributed by atoms with E-state index in [-0.39, 0.29) is 0 Å². The van der Waals surface area contributed by atoms with E-state index < -0.39 is 3.93 Å². The molecule has 26 heavy (non-hydrogen) atoms. The van der Waals surface area contributed by atoms with E-state index in [4.69, 9.17) is 4.74 Å². The van der Waals surface area contributed by atoms with Crippen molar-refractivity contribution >= 4 is 49.8 Å². The quantitative estimate of drug-likeness (QED) is 0.147. The molecule has 1 saturated carbocycles. The van der Waals surface area contributed by atoms with Gasteiger partial charge in [0.2, 0.25) is 0 Å². The molecule has 1 fully saturated rings. The lowest BCUT2D eigenvalue weighted by Gasteiger charge is -2.29. The Bertz CT molecular complexity index is 493. The first-order valence-electron chi connectivity index (χ1n) is 10.3. The zero-order valence-corrected chi connectivity index (χ0v) is 21.7. The summed E-state index contributed by atoms with van der Waals surface area (Å²) < 4.78 is 4.40. The first-order chi connectivity index (χ1) is 12.5. The molecule has 0 aromatic heterocycles. The molecule has 0 heterocycles. The van der Waals surface area contributed by atoms with Crippen molar-refractivity contribution in [3.05, 3.63) is 29.8 Å². The molecule has 1 aromatic carbocycles. The Morgan fingerprint density at radius 3 is 2.23 bits per heavy atom. The van der Waals surface area contributed by atoms with Gasteiger partial charge in [0.15, 0.2) is 0 Å². The molecule has 2 rings (SSSR count). The minimum Gasteiger partial charge on any atom is -0.494 e. The van der Waals surface area contributed by atoms with Crippen LogP contribution in [0, 0.1) is 5.92 Å². The minimum atomic E-state index is -1.49. The number of ether oxygens (including phenoxy) is 1. The molecule has 1 aliphatic carbocycles. The predicted octanol–water partition coefficient (Wildman–Crippen LogP) is 8.82. The molecule has 5 heteroatoms. The molecule has 0 atom stereocenters. The fourth-order valence-corrected chi connectivity index (χ4v) is 7.01. The highest BCUT2D eigenvalue weighted by atomic mass is 80.0. The van der Waals surface area contributed by atoms with Crippen LogP contribution >= 0.6 is 45.9 Å². The van der Waals surface area contributed by atoms with Gasteiger partial charge in [0.05, 0.1) is 6.61 Å². The van der Waals surface area contributed by atoms with E-state index in [0.29, 0.717) is 0 Å². The highest BCUT2D eigenvalue weighted by Gasteiger charge is 2.22. The molecule has 148 valence electrons. The van der Waals surface area contributed by atoms with E-state index in [1.54, 1.807) is 0 Å². The van der Waals surface area contributed by atoms with Crippen LogP contribution < -0.4 is 4.74 Å². The van der Waals surface area contributed by atoms with Crippen molar-refractivity contribution in [2.75, 3.05) is 6.61 Å². The summed E-state index contributed by atoms with van der Waals surface area (Å²) in [5.74, 6) is 2.75. The number of hydrogen-bond donors (Lipinski definition) is 0. The van der Waals surface area contributed by atoms with E-state index in [9.17, 15) is 0 Å². The zero-order chi connectivity index (χ0) is 18.8. The molecule has 0 radical (unpaired) electrons. The van der Waals surface area contributed by atoms with E-state index in [1.807, 2.05) is 0 Å². The van der Waals surface area contributed by atoms with E-state index in [2.05, 4.69) is 77.1 Å². The first-order valence-corrected chi connectivity index (χ1v) is 19.2. The molecule has 0 saturated heterocycles. The maximum Gasteiger partial charge on any atom is 0.267 e. The molecule has 1 aliphatic rings. The third-order valence-electron chi connectivity index (χ3n) is 5.54. The Hall–Kier alpha value is 0.677. The molecular weight excluding hydrogens is 536 g/mol. The lowest BCUT2D eigenvalue weighted by Crippen LogP contribution is -2.13. The number of unbranched alkanes of at least 4 members (excludes halogenated alkanes) is 3. The average molecular weight is 569 g/mol. The van der Waals surface area contributed by atoms with Crippen molar-refractivity contribution in [1.82, 2.24) is 0 Å². The lowest BCUT2D eigenvalue weighted by molar-refractivity contribution is 0.301. The van der Waals surface area contributed by atoms with Gasteiger partial charge in [0, 0.05) is 0 Å². The largest absolute Gasteiger partial charge is 0.494 e. The van der Waals surface area contributed by atoms with Crippen molar-refractivity contribution in [1.29, 1.82) is 0 Å². The monoisotopic (exact) mass is 566 g/mol. The Labute approximate surface area is 184 Å². The van der Waals surface area contributed by atoms with Crippen molar-refractivity contribution in [3.63, 3.8) is 0 Å². The Kier molecular flexibility index (Phi) is 10.8. The summed E-state index contributed by atoms with van der Waals surface area (Å²) in [5.41, 5.74) is 1.51. The van der Waals surface area contributed by atoms with Gasteiger partial charge in [-0.25, -0.2) is 0 Å². The highest BCUT2D eigenvalue weighted by Crippen LogP contribution is 2.38. The maximum absolute atomic E-state index is 5.88. The number of halogens is 3. The van der Waals surface area contributed by atoms with Crippen LogP contribution in [0.4, 0.5) is 0 Å². The molecule has 0 unspecified atom stereocenters. The molecule has 0 amide bonds. The van der Waals surface area contributed by atoms with E-state index in [0.717, 1.165) is 36.7 Å². The normalized spacial score (nSPS) is 20.9. The van der Waals surface area contributed by atoms with Crippen molar-refractivity contribution in [2.45, 2.75) is 83.1 Å². The van der Waals surface area contributed by atoms with Gasteiger partial charge in [-0.3, -0.25) is 0 Å². The summed E-state index contributed by atoms with van der Waals surface area (Å²) in [6.45, 7) is 3.07. The minimum absolute atomic E-state index is 0.762. The van der Waals surface area contributed by atoms with Gasteiger partial charge in [0.1, 0.15) is 5.75 Å². The second-order valence-electron chi connectivity index (χ2n) is 7.70. The second kappa shape index (κ2) is 12.3. The Morgan fingerprint density at radius 1 is 0.923 bits per heavy atom. The van der Waals surface area contributed by atoms with Gasteiger partial charge in [-0.05, 0) is 67.7 Å². The summed E-state index contributed by atoms with van der Waals surface area (Å²) >= 11 is 11.0. The van der Waals surface area contributed by atoms with Crippen molar-refractivity contribution < 1.29 is 4.74 Å². The predicted molar refractivity (Wildman–Crippen MR) is 127 cm³/mol.